The molecule has 2 heterocycles. The van der Waals surface area contributed by atoms with E-state index in [0.717, 1.165) is 22.0 Å². The first kappa shape index (κ1) is 13.0. The van der Waals surface area contributed by atoms with Gasteiger partial charge in [-0.15, -0.1) is 11.3 Å². The first-order valence-electron chi connectivity index (χ1n) is 5.92. The Morgan fingerprint density at radius 1 is 1.61 bits per heavy atom. The Bertz CT molecular complexity index is 573. The SMILES string of the molecule is CCC(NCc1c(C)nc2scc(C)n12)C(=O)O. The standard InChI is InChI=1S/C12H17N3O2S/c1-4-9(11(16)17)13-5-10-8(3)14-12-15(10)7(2)6-18-12/h6,9,13H,4-5H2,1-3H3,(H,16,17). The molecule has 0 fully saturated rings. The quantitative estimate of drug-likeness (QED) is 0.869. The molecule has 1 atom stereocenters. The molecule has 18 heavy (non-hydrogen) atoms. The van der Waals surface area contributed by atoms with Gasteiger partial charge in [-0.2, -0.15) is 0 Å². The van der Waals surface area contributed by atoms with E-state index in [-0.39, 0.29) is 0 Å². The number of fused-ring (bicyclic) bond motifs is 1. The van der Waals surface area contributed by atoms with Crippen LogP contribution in [0.2, 0.25) is 0 Å². The van der Waals surface area contributed by atoms with Crippen LogP contribution in [0.1, 0.15) is 30.4 Å². The zero-order valence-corrected chi connectivity index (χ0v) is 11.5. The van der Waals surface area contributed by atoms with Crippen LogP contribution in [0.5, 0.6) is 0 Å². The summed E-state index contributed by atoms with van der Waals surface area (Å²) >= 11 is 1.60. The zero-order valence-electron chi connectivity index (χ0n) is 10.7. The molecule has 2 aromatic rings. The smallest absolute Gasteiger partial charge is 0.320 e. The lowest BCUT2D eigenvalue weighted by Crippen LogP contribution is -2.35. The minimum atomic E-state index is -0.807. The molecule has 2 aromatic heterocycles. The molecule has 1 unspecified atom stereocenters. The third-order valence-corrected chi connectivity index (χ3v) is 4.00. The molecule has 0 saturated carbocycles. The molecule has 0 spiro atoms. The monoisotopic (exact) mass is 267 g/mol. The van der Waals surface area contributed by atoms with Crippen molar-refractivity contribution in [1.29, 1.82) is 0 Å². The summed E-state index contributed by atoms with van der Waals surface area (Å²) in [6.45, 7) is 6.37. The molecule has 0 bridgehead atoms. The number of carboxylic acid groups (broad SMARTS) is 1. The van der Waals surface area contributed by atoms with Crippen molar-refractivity contribution in [3.63, 3.8) is 0 Å². The highest BCUT2D eigenvalue weighted by atomic mass is 32.1. The van der Waals surface area contributed by atoms with Crippen molar-refractivity contribution in [3.8, 4) is 0 Å². The number of carbonyl (C=O) groups is 1. The van der Waals surface area contributed by atoms with E-state index in [2.05, 4.69) is 20.1 Å². The summed E-state index contributed by atoms with van der Waals surface area (Å²) in [6.07, 6.45) is 0.568. The highest BCUT2D eigenvalue weighted by Crippen LogP contribution is 2.20. The number of nitrogens with one attached hydrogen (secondary N) is 1. The number of aliphatic carboxylic acids is 1. The molecular weight excluding hydrogens is 250 g/mol. The Morgan fingerprint density at radius 2 is 2.33 bits per heavy atom. The summed E-state index contributed by atoms with van der Waals surface area (Å²) in [4.78, 5) is 16.4. The van der Waals surface area contributed by atoms with E-state index in [0.29, 0.717) is 13.0 Å². The van der Waals surface area contributed by atoms with Crippen LogP contribution in [0.3, 0.4) is 0 Å². The van der Waals surface area contributed by atoms with Crippen LogP contribution in [0.4, 0.5) is 0 Å². The van der Waals surface area contributed by atoms with Gasteiger partial charge >= 0.3 is 5.97 Å². The number of imidazole rings is 1. The van der Waals surface area contributed by atoms with Crippen molar-refractivity contribution in [1.82, 2.24) is 14.7 Å². The van der Waals surface area contributed by atoms with Crippen molar-refractivity contribution >= 4 is 22.3 Å². The van der Waals surface area contributed by atoms with Gasteiger partial charge in [0.05, 0.1) is 11.4 Å². The van der Waals surface area contributed by atoms with Crippen LogP contribution in [0, 0.1) is 13.8 Å². The molecule has 0 aliphatic heterocycles. The zero-order chi connectivity index (χ0) is 13.3. The van der Waals surface area contributed by atoms with Gasteiger partial charge in [0.15, 0.2) is 4.96 Å². The Hall–Kier alpha value is -1.40. The van der Waals surface area contributed by atoms with E-state index in [1.165, 1.54) is 0 Å². The highest BCUT2D eigenvalue weighted by Gasteiger charge is 2.17. The average molecular weight is 267 g/mol. The summed E-state index contributed by atoms with van der Waals surface area (Å²) in [5, 5.41) is 14.1. The largest absolute Gasteiger partial charge is 0.480 e. The number of hydrogen-bond acceptors (Lipinski definition) is 4. The first-order chi connectivity index (χ1) is 8.54. The number of carboxylic acids is 1. The maximum Gasteiger partial charge on any atom is 0.320 e. The Morgan fingerprint density at radius 3 is 2.94 bits per heavy atom. The summed E-state index contributed by atoms with van der Waals surface area (Å²) < 4.78 is 2.08. The molecule has 2 N–H and O–H groups in total. The van der Waals surface area contributed by atoms with Gasteiger partial charge in [-0.25, -0.2) is 4.98 Å². The van der Waals surface area contributed by atoms with Gasteiger partial charge in [0, 0.05) is 17.6 Å². The van der Waals surface area contributed by atoms with E-state index < -0.39 is 12.0 Å². The number of rotatable bonds is 5. The van der Waals surface area contributed by atoms with E-state index >= 15 is 0 Å². The lowest BCUT2D eigenvalue weighted by atomic mass is 10.2. The molecule has 0 aliphatic rings. The molecule has 0 aromatic carbocycles. The second-order valence-electron chi connectivity index (χ2n) is 4.32. The topological polar surface area (TPSA) is 66.6 Å². The predicted octanol–water partition coefficient (Wildman–Crippen LogP) is 1.97. The van der Waals surface area contributed by atoms with Gasteiger partial charge in [0.25, 0.3) is 0 Å². The average Bonchev–Trinajstić information content (AvgIpc) is 2.81. The molecular formula is C12H17N3O2S. The van der Waals surface area contributed by atoms with E-state index in [1.54, 1.807) is 11.3 Å². The van der Waals surface area contributed by atoms with Crippen LogP contribution >= 0.6 is 11.3 Å². The summed E-state index contributed by atoms with van der Waals surface area (Å²) in [5.41, 5.74) is 3.14. The third kappa shape index (κ3) is 2.26. The maximum atomic E-state index is 11.0. The number of hydrogen-bond donors (Lipinski definition) is 2. The molecule has 0 aliphatic carbocycles. The lowest BCUT2D eigenvalue weighted by molar-refractivity contribution is -0.139. The summed E-state index contributed by atoms with van der Waals surface area (Å²) in [7, 11) is 0. The summed E-state index contributed by atoms with van der Waals surface area (Å²) in [6, 6.07) is -0.506. The Labute approximate surface area is 109 Å². The lowest BCUT2D eigenvalue weighted by Gasteiger charge is -2.12. The van der Waals surface area contributed by atoms with Gasteiger partial charge in [0.1, 0.15) is 6.04 Å². The van der Waals surface area contributed by atoms with Crippen molar-refractivity contribution < 1.29 is 9.90 Å². The number of aryl methyl sites for hydroxylation is 2. The van der Waals surface area contributed by atoms with Crippen LogP contribution in [0.15, 0.2) is 5.38 Å². The molecule has 0 saturated heterocycles. The fourth-order valence-corrected chi connectivity index (χ4v) is 2.93. The molecule has 5 nitrogen and oxygen atoms in total. The normalized spacial score (nSPS) is 13.1. The van der Waals surface area contributed by atoms with Gasteiger partial charge in [-0.1, -0.05) is 6.92 Å². The van der Waals surface area contributed by atoms with Crippen LogP contribution < -0.4 is 5.32 Å². The Balaban J connectivity index is 2.23. The number of nitrogens with zero attached hydrogens (tertiary/aromatic N) is 2. The predicted molar refractivity (Wildman–Crippen MR) is 71.1 cm³/mol. The second-order valence-corrected chi connectivity index (χ2v) is 5.16. The van der Waals surface area contributed by atoms with Gasteiger partial charge in [0.2, 0.25) is 0 Å². The highest BCUT2D eigenvalue weighted by molar-refractivity contribution is 7.15. The molecule has 98 valence electrons. The van der Waals surface area contributed by atoms with Crippen molar-refractivity contribution in [3.05, 3.63) is 22.5 Å². The molecule has 0 amide bonds. The number of thiazole rings is 1. The third-order valence-electron chi connectivity index (χ3n) is 3.05. The van der Waals surface area contributed by atoms with E-state index in [9.17, 15) is 4.79 Å². The molecule has 0 radical (unpaired) electrons. The van der Waals surface area contributed by atoms with Crippen LogP contribution in [-0.2, 0) is 11.3 Å². The molecule has 2 rings (SSSR count). The van der Waals surface area contributed by atoms with Crippen LogP contribution in [0.25, 0.3) is 4.96 Å². The molecule has 6 heteroatoms. The summed E-state index contributed by atoms with van der Waals surface area (Å²) in [5.74, 6) is -0.807. The second kappa shape index (κ2) is 5.07. The fourth-order valence-electron chi connectivity index (χ4n) is 2.00. The van der Waals surface area contributed by atoms with Crippen LogP contribution in [-0.4, -0.2) is 26.5 Å². The van der Waals surface area contributed by atoms with Gasteiger partial charge in [-0.05, 0) is 20.3 Å². The van der Waals surface area contributed by atoms with E-state index in [1.807, 2.05) is 20.8 Å². The number of aromatic nitrogens is 2. The van der Waals surface area contributed by atoms with Crippen molar-refractivity contribution in [2.45, 2.75) is 39.8 Å². The first-order valence-corrected chi connectivity index (χ1v) is 6.80. The Kier molecular flexibility index (Phi) is 3.68. The fraction of sp³-hybridized carbons (Fsp3) is 0.500. The maximum absolute atomic E-state index is 11.0. The van der Waals surface area contributed by atoms with Crippen molar-refractivity contribution in [2.75, 3.05) is 0 Å². The van der Waals surface area contributed by atoms with Crippen molar-refractivity contribution in [2.24, 2.45) is 0 Å². The van der Waals surface area contributed by atoms with Gasteiger partial charge in [-0.3, -0.25) is 14.5 Å². The van der Waals surface area contributed by atoms with Gasteiger partial charge < -0.3 is 5.11 Å². The minimum Gasteiger partial charge on any atom is -0.480 e. The minimum absolute atomic E-state index is 0.506. The van der Waals surface area contributed by atoms with E-state index in [4.69, 9.17) is 5.11 Å².